The van der Waals surface area contributed by atoms with E-state index in [-0.39, 0.29) is 16.9 Å². The quantitative estimate of drug-likeness (QED) is 0.386. The third-order valence-corrected chi connectivity index (χ3v) is 5.05. The highest BCUT2D eigenvalue weighted by Crippen LogP contribution is 2.39. The number of imidazole rings is 1. The van der Waals surface area contributed by atoms with E-state index in [1.165, 1.54) is 29.2 Å². The van der Waals surface area contributed by atoms with E-state index >= 15 is 0 Å². The zero-order valence-electron chi connectivity index (χ0n) is 16.0. The molecule has 7 nitrogen and oxygen atoms in total. The summed E-state index contributed by atoms with van der Waals surface area (Å²) in [5, 5.41) is 10.9. The lowest BCUT2D eigenvalue weighted by molar-refractivity contribution is -0.139. The summed E-state index contributed by atoms with van der Waals surface area (Å²) in [5.74, 6) is -2.23. The van der Waals surface area contributed by atoms with Crippen molar-refractivity contribution < 1.29 is 19.1 Å². The van der Waals surface area contributed by atoms with Gasteiger partial charge in [-0.2, -0.15) is 0 Å². The summed E-state index contributed by atoms with van der Waals surface area (Å²) < 4.78 is 15.2. The van der Waals surface area contributed by atoms with Crippen LogP contribution in [0.3, 0.4) is 0 Å². The van der Waals surface area contributed by atoms with Crippen molar-refractivity contribution >= 4 is 17.4 Å². The summed E-state index contributed by atoms with van der Waals surface area (Å²) in [4.78, 5) is 35.1. The average molecular weight is 406 g/mol. The van der Waals surface area contributed by atoms with Crippen molar-refractivity contribution in [1.82, 2.24) is 19.4 Å². The van der Waals surface area contributed by atoms with Crippen LogP contribution in [0.15, 0.2) is 73.1 Å². The lowest BCUT2D eigenvalue weighted by atomic mass is 9.96. The Bertz CT molecular complexity index is 1080. The van der Waals surface area contributed by atoms with Gasteiger partial charge in [-0.3, -0.25) is 14.6 Å². The van der Waals surface area contributed by atoms with E-state index in [0.717, 1.165) is 0 Å². The van der Waals surface area contributed by atoms with E-state index in [4.69, 9.17) is 0 Å². The first kappa shape index (κ1) is 19.5. The first-order valence-electron chi connectivity index (χ1n) is 9.46. The Morgan fingerprint density at radius 1 is 1.00 bits per heavy atom. The Kier molecular flexibility index (Phi) is 5.38. The van der Waals surface area contributed by atoms with Gasteiger partial charge in [-0.25, -0.2) is 9.37 Å². The highest BCUT2D eigenvalue weighted by atomic mass is 19.1. The molecule has 0 radical (unpaired) electrons. The number of Topliss-reactive ketones (excluding diaryl/α,β-unsaturated/α-hetero) is 1. The number of likely N-dealkylation sites (tertiary alicyclic amines) is 1. The maximum atomic E-state index is 13.3. The number of rotatable bonds is 6. The maximum Gasteiger partial charge on any atom is 0.295 e. The number of carbonyl (C=O) groups is 2. The SMILES string of the molecule is O=C1C(=O)N(CCCn2ccnc2)C(c2ccncc2)/C1=C(\O)c1ccc(F)cc1. The van der Waals surface area contributed by atoms with Gasteiger partial charge in [0, 0.05) is 43.4 Å². The minimum Gasteiger partial charge on any atom is -0.507 e. The topological polar surface area (TPSA) is 88.3 Å². The minimum absolute atomic E-state index is 0.0135. The molecule has 1 N–H and O–H groups in total. The maximum absolute atomic E-state index is 13.3. The number of ketones is 1. The van der Waals surface area contributed by atoms with Crippen molar-refractivity contribution in [3.05, 3.63) is 90.0 Å². The van der Waals surface area contributed by atoms with Gasteiger partial charge in [-0.1, -0.05) is 0 Å². The molecule has 0 bridgehead atoms. The third-order valence-electron chi connectivity index (χ3n) is 5.05. The number of aromatic nitrogens is 3. The van der Waals surface area contributed by atoms with Crippen molar-refractivity contribution in [2.75, 3.05) is 6.54 Å². The average Bonchev–Trinajstić information content (AvgIpc) is 3.37. The monoisotopic (exact) mass is 406 g/mol. The van der Waals surface area contributed by atoms with Crippen molar-refractivity contribution in [3.63, 3.8) is 0 Å². The molecule has 4 rings (SSSR count). The fraction of sp³-hybridized carbons (Fsp3) is 0.182. The van der Waals surface area contributed by atoms with Crippen LogP contribution in [0, 0.1) is 5.82 Å². The van der Waals surface area contributed by atoms with Gasteiger partial charge in [-0.15, -0.1) is 0 Å². The number of aryl methyl sites for hydroxylation is 1. The molecule has 1 amide bonds. The molecule has 1 saturated heterocycles. The molecule has 30 heavy (non-hydrogen) atoms. The number of hydrogen-bond donors (Lipinski definition) is 1. The highest BCUT2D eigenvalue weighted by molar-refractivity contribution is 6.46. The van der Waals surface area contributed by atoms with E-state index in [0.29, 0.717) is 25.1 Å². The lowest BCUT2D eigenvalue weighted by Crippen LogP contribution is -2.31. The molecule has 8 heteroatoms. The second-order valence-electron chi connectivity index (χ2n) is 6.93. The molecule has 0 aliphatic carbocycles. The zero-order valence-corrected chi connectivity index (χ0v) is 16.0. The predicted molar refractivity (Wildman–Crippen MR) is 106 cm³/mol. The van der Waals surface area contributed by atoms with Crippen molar-refractivity contribution in [2.45, 2.75) is 19.0 Å². The van der Waals surface area contributed by atoms with Gasteiger partial charge < -0.3 is 14.6 Å². The fourth-order valence-corrected chi connectivity index (χ4v) is 3.61. The summed E-state index contributed by atoms with van der Waals surface area (Å²) in [7, 11) is 0. The van der Waals surface area contributed by atoms with Gasteiger partial charge in [0.1, 0.15) is 11.6 Å². The van der Waals surface area contributed by atoms with Crippen LogP contribution in [0.2, 0.25) is 0 Å². The van der Waals surface area contributed by atoms with Crippen molar-refractivity contribution in [2.24, 2.45) is 0 Å². The zero-order chi connectivity index (χ0) is 21.1. The summed E-state index contributed by atoms with van der Waals surface area (Å²) >= 11 is 0. The Morgan fingerprint density at radius 3 is 2.40 bits per heavy atom. The summed E-state index contributed by atoms with van der Waals surface area (Å²) in [6.45, 7) is 0.944. The number of pyridine rings is 1. The molecule has 3 aromatic rings. The number of hydrogen-bond acceptors (Lipinski definition) is 5. The van der Waals surface area contributed by atoms with Crippen LogP contribution in [0.5, 0.6) is 0 Å². The van der Waals surface area contributed by atoms with Crippen LogP contribution in [0.1, 0.15) is 23.6 Å². The number of amides is 1. The Balaban J connectivity index is 1.71. The first-order chi connectivity index (χ1) is 14.6. The Hall–Kier alpha value is -3.81. The molecule has 0 spiro atoms. The van der Waals surface area contributed by atoms with Gasteiger partial charge in [0.25, 0.3) is 11.7 Å². The number of aliphatic hydroxyl groups excluding tert-OH is 1. The first-order valence-corrected chi connectivity index (χ1v) is 9.46. The minimum atomic E-state index is -0.763. The Labute approximate surface area is 172 Å². The van der Waals surface area contributed by atoms with Crippen LogP contribution in [-0.4, -0.2) is 42.8 Å². The molecule has 1 atom stereocenters. The summed E-state index contributed by atoms with van der Waals surface area (Å²) in [6.07, 6.45) is 8.91. The third kappa shape index (κ3) is 3.71. The molecule has 152 valence electrons. The van der Waals surface area contributed by atoms with Gasteiger partial charge >= 0.3 is 0 Å². The van der Waals surface area contributed by atoms with Crippen LogP contribution in [0.4, 0.5) is 4.39 Å². The predicted octanol–water partition coefficient (Wildman–Crippen LogP) is 2.93. The molecule has 1 aliphatic rings. The van der Waals surface area contributed by atoms with Gasteiger partial charge in [0.2, 0.25) is 0 Å². The summed E-state index contributed by atoms with van der Waals surface area (Å²) in [6, 6.07) is 7.80. The molecule has 0 saturated carbocycles. The normalized spacial score (nSPS) is 18.2. The van der Waals surface area contributed by atoms with E-state index in [2.05, 4.69) is 9.97 Å². The van der Waals surface area contributed by atoms with E-state index in [1.807, 2.05) is 10.8 Å². The Morgan fingerprint density at radius 2 is 1.73 bits per heavy atom. The van der Waals surface area contributed by atoms with Crippen LogP contribution in [-0.2, 0) is 16.1 Å². The van der Waals surface area contributed by atoms with Crippen molar-refractivity contribution in [3.8, 4) is 0 Å². The number of carbonyl (C=O) groups excluding carboxylic acids is 2. The molecule has 2 aromatic heterocycles. The second kappa shape index (κ2) is 8.28. The van der Waals surface area contributed by atoms with Gasteiger partial charge in [0.05, 0.1) is 17.9 Å². The second-order valence-corrected chi connectivity index (χ2v) is 6.93. The van der Waals surface area contributed by atoms with Gasteiger partial charge in [-0.05, 0) is 48.4 Å². The van der Waals surface area contributed by atoms with E-state index in [9.17, 15) is 19.1 Å². The molecule has 1 aromatic carbocycles. The lowest BCUT2D eigenvalue weighted by Gasteiger charge is -2.25. The fourth-order valence-electron chi connectivity index (χ4n) is 3.61. The number of halogens is 1. The largest absolute Gasteiger partial charge is 0.507 e. The molecular weight excluding hydrogens is 387 g/mol. The van der Waals surface area contributed by atoms with Crippen LogP contribution in [0.25, 0.3) is 5.76 Å². The molecule has 1 fully saturated rings. The van der Waals surface area contributed by atoms with Gasteiger partial charge in [0.15, 0.2) is 0 Å². The standard InChI is InChI=1S/C22H19FN4O3/c23-17-4-2-16(3-5-17)20(28)18-19(15-6-8-24-9-7-15)27(22(30)21(18)29)12-1-11-26-13-10-25-14-26/h2-10,13-14,19,28H,1,11-12H2/b20-18+. The molecular formula is C22H19FN4O3. The molecule has 1 aliphatic heterocycles. The number of benzene rings is 1. The molecule has 3 heterocycles. The van der Waals surface area contributed by atoms with Crippen LogP contribution < -0.4 is 0 Å². The smallest absolute Gasteiger partial charge is 0.295 e. The highest BCUT2D eigenvalue weighted by Gasteiger charge is 2.45. The van der Waals surface area contributed by atoms with E-state index < -0.39 is 23.5 Å². The van der Waals surface area contributed by atoms with Crippen molar-refractivity contribution in [1.29, 1.82) is 0 Å². The van der Waals surface area contributed by atoms with E-state index in [1.54, 1.807) is 37.1 Å². The van der Waals surface area contributed by atoms with Crippen LogP contribution >= 0.6 is 0 Å². The number of aliphatic hydroxyl groups is 1. The molecule has 1 unspecified atom stereocenters. The number of nitrogens with zero attached hydrogens (tertiary/aromatic N) is 4. The summed E-state index contributed by atoms with van der Waals surface area (Å²) in [5.41, 5.74) is 0.919.